The van der Waals surface area contributed by atoms with Crippen LogP contribution in [0, 0.1) is 10.1 Å². The summed E-state index contributed by atoms with van der Waals surface area (Å²) in [6.45, 7) is 2.06. The number of pyridine rings is 1. The molecule has 0 bridgehead atoms. The quantitative estimate of drug-likeness (QED) is 0.154. The van der Waals surface area contributed by atoms with Crippen molar-refractivity contribution in [3.05, 3.63) is 100 Å². The number of hydrogen-bond acceptors (Lipinski definition) is 4. The molecule has 0 unspecified atom stereocenters. The minimum absolute atomic E-state index is 0.0481. The number of benzene rings is 2. The number of hydrogen-bond donors (Lipinski definition) is 2. The highest BCUT2D eigenvalue weighted by atomic mass is 32.1. The van der Waals surface area contributed by atoms with Crippen LogP contribution in [0.3, 0.4) is 0 Å². The number of nitrogens with one attached hydrogen (secondary N) is 1. The van der Waals surface area contributed by atoms with Gasteiger partial charge in [0.1, 0.15) is 0 Å². The van der Waals surface area contributed by atoms with Crippen LogP contribution in [0.2, 0.25) is 0 Å². The summed E-state index contributed by atoms with van der Waals surface area (Å²) >= 11 is 5.63. The van der Waals surface area contributed by atoms with Crippen molar-refractivity contribution >= 4 is 40.0 Å². The van der Waals surface area contributed by atoms with Gasteiger partial charge in [-0.3, -0.25) is 10.1 Å². The summed E-state index contributed by atoms with van der Waals surface area (Å²) in [5.41, 5.74) is 2.72. The van der Waals surface area contributed by atoms with Crippen molar-refractivity contribution < 1.29 is 14.6 Å². The molecule has 0 amide bonds. The first-order valence-corrected chi connectivity index (χ1v) is 9.46. The van der Waals surface area contributed by atoms with Gasteiger partial charge in [-0.1, -0.05) is 43.4 Å². The lowest BCUT2D eigenvalue weighted by molar-refractivity contribution is -0.575. The number of rotatable bonds is 6. The van der Waals surface area contributed by atoms with E-state index in [1.807, 2.05) is 42.5 Å². The van der Waals surface area contributed by atoms with Gasteiger partial charge in [-0.05, 0) is 30.2 Å². The molecule has 0 saturated carbocycles. The summed E-state index contributed by atoms with van der Waals surface area (Å²) in [4.78, 5) is 10.8. The van der Waals surface area contributed by atoms with E-state index >= 15 is 0 Å². The van der Waals surface area contributed by atoms with Gasteiger partial charge in [-0.25, -0.2) is 0 Å². The van der Waals surface area contributed by atoms with Crippen LogP contribution in [0.5, 0.6) is 0 Å². The Hall–Kier alpha value is -3.58. The number of aryl methyl sites for hydroxylation is 1. The van der Waals surface area contributed by atoms with Gasteiger partial charge in [0.25, 0.3) is 11.4 Å². The van der Waals surface area contributed by atoms with Crippen LogP contribution < -0.4 is 9.88 Å². The molecule has 6 nitrogen and oxygen atoms in total. The number of nitro benzene ring substituents is 1. The molecule has 0 aliphatic carbocycles. The summed E-state index contributed by atoms with van der Waals surface area (Å²) in [7, 11) is 0. The number of nitro groups is 1. The number of thiocarbonyl (C=S) groups is 1. The summed E-state index contributed by atoms with van der Waals surface area (Å²) in [5, 5.41) is 25.1. The highest BCUT2D eigenvalue weighted by molar-refractivity contribution is 7.81. The first-order chi connectivity index (χ1) is 14.0. The molecule has 1 aromatic heterocycles. The third kappa shape index (κ3) is 4.64. The average Bonchev–Trinajstić information content (AvgIpc) is 2.75. The molecule has 0 spiro atoms. The highest BCUT2D eigenvalue weighted by Crippen LogP contribution is 2.23. The van der Waals surface area contributed by atoms with Gasteiger partial charge in [0, 0.05) is 35.5 Å². The largest absolute Gasteiger partial charge is 0.502 e. The molecular weight excluding hydrogens is 386 g/mol. The Morgan fingerprint density at radius 3 is 2.34 bits per heavy atom. The number of aliphatic hydroxyl groups excluding tert-OH is 1. The van der Waals surface area contributed by atoms with Crippen LogP contribution in [0.25, 0.3) is 11.5 Å². The number of aliphatic hydroxyl groups is 1. The minimum Gasteiger partial charge on any atom is -0.502 e. The maximum atomic E-state index is 11.0. The molecule has 0 aliphatic heterocycles. The van der Waals surface area contributed by atoms with E-state index in [1.165, 1.54) is 24.3 Å². The zero-order chi connectivity index (χ0) is 20.8. The lowest BCUT2D eigenvalue weighted by Crippen LogP contribution is -2.38. The number of para-hydroxylation sites is 1. The molecule has 2 aromatic carbocycles. The second-order valence-corrected chi connectivity index (χ2v) is 6.66. The Kier molecular flexibility index (Phi) is 6.31. The lowest BCUT2D eigenvalue weighted by atomic mass is 10.1. The Bertz CT molecular complexity index is 1060. The van der Waals surface area contributed by atoms with Gasteiger partial charge in [-0.15, -0.1) is 0 Å². The van der Waals surface area contributed by atoms with E-state index in [4.69, 9.17) is 12.2 Å². The molecule has 0 aliphatic rings. The molecule has 146 valence electrons. The maximum Gasteiger partial charge on any atom is 0.288 e. The molecule has 7 heteroatoms. The van der Waals surface area contributed by atoms with Crippen molar-refractivity contribution in [2.45, 2.75) is 13.3 Å². The number of nitrogens with zero attached hydrogens (tertiary/aromatic N) is 2. The van der Waals surface area contributed by atoms with Crippen LogP contribution >= 0.6 is 12.2 Å². The second-order valence-electron chi connectivity index (χ2n) is 6.25. The summed E-state index contributed by atoms with van der Waals surface area (Å²) < 4.78 is 1.71. The van der Waals surface area contributed by atoms with E-state index in [-0.39, 0.29) is 11.4 Å². The van der Waals surface area contributed by atoms with Gasteiger partial charge in [0.05, 0.1) is 4.92 Å². The molecule has 3 rings (SSSR count). The number of aromatic nitrogens is 1. The Morgan fingerprint density at radius 2 is 1.72 bits per heavy atom. The summed E-state index contributed by atoms with van der Waals surface area (Å²) in [6, 6.07) is 19.0. The van der Waals surface area contributed by atoms with Crippen LogP contribution in [0.15, 0.2) is 79.1 Å². The smallest absolute Gasteiger partial charge is 0.288 e. The summed E-state index contributed by atoms with van der Waals surface area (Å²) in [5.74, 6) is -0.0809. The molecule has 3 aromatic rings. The first-order valence-electron chi connectivity index (χ1n) is 9.05. The van der Waals surface area contributed by atoms with Crippen molar-refractivity contribution in [1.29, 1.82) is 0 Å². The van der Waals surface area contributed by atoms with Crippen molar-refractivity contribution in [2.24, 2.45) is 0 Å². The van der Waals surface area contributed by atoms with Crippen LogP contribution in [-0.2, 0) is 6.42 Å². The first kappa shape index (κ1) is 20.2. The third-order valence-corrected chi connectivity index (χ3v) is 4.71. The second kappa shape index (κ2) is 9.07. The fourth-order valence-corrected chi connectivity index (χ4v) is 3.22. The van der Waals surface area contributed by atoms with E-state index in [0.717, 1.165) is 17.7 Å². The fourth-order valence-electron chi connectivity index (χ4n) is 2.90. The molecule has 0 fully saturated rings. The van der Waals surface area contributed by atoms with E-state index in [0.29, 0.717) is 16.2 Å². The van der Waals surface area contributed by atoms with Crippen molar-refractivity contribution in [1.82, 2.24) is 0 Å². The topological polar surface area (TPSA) is 79.3 Å². The maximum absolute atomic E-state index is 11.0. The van der Waals surface area contributed by atoms with Crippen LogP contribution in [-0.4, -0.2) is 15.0 Å². The summed E-state index contributed by atoms with van der Waals surface area (Å²) in [6.07, 6.45) is 4.38. The van der Waals surface area contributed by atoms with Crippen molar-refractivity contribution in [2.75, 3.05) is 5.32 Å². The van der Waals surface area contributed by atoms with E-state index < -0.39 is 4.92 Å². The predicted molar refractivity (Wildman–Crippen MR) is 118 cm³/mol. The van der Waals surface area contributed by atoms with Gasteiger partial charge in [0.2, 0.25) is 0 Å². The highest BCUT2D eigenvalue weighted by Gasteiger charge is 2.24. The molecule has 2 N–H and O–H groups in total. The minimum atomic E-state index is -0.481. The van der Waals surface area contributed by atoms with Gasteiger partial charge < -0.3 is 10.4 Å². The van der Waals surface area contributed by atoms with Crippen LogP contribution in [0.1, 0.15) is 18.1 Å². The number of non-ortho nitro benzene ring substituents is 1. The number of anilines is 1. The lowest BCUT2D eigenvalue weighted by Gasteiger charge is -2.12. The van der Waals surface area contributed by atoms with Crippen molar-refractivity contribution in [3.8, 4) is 0 Å². The Labute approximate surface area is 173 Å². The SMILES string of the molecule is CCc1ccccc1NC(=S)/C(=C(/O)c1ccc([N+](=O)[O-])cc1)[n+]1ccccc1. The van der Waals surface area contributed by atoms with Crippen LogP contribution in [0.4, 0.5) is 11.4 Å². The zero-order valence-electron chi connectivity index (χ0n) is 15.8. The van der Waals surface area contributed by atoms with Gasteiger partial charge in [-0.2, -0.15) is 4.57 Å². The molecule has 0 radical (unpaired) electrons. The van der Waals surface area contributed by atoms with Crippen molar-refractivity contribution in [3.63, 3.8) is 0 Å². The van der Waals surface area contributed by atoms with E-state index in [2.05, 4.69) is 12.2 Å². The van der Waals surface area contributed by atoms with Gasteiger partial charge >= 0.3 is 0 Å². The standard InChI is InChI=1S/C22H19N3O3S/c1-2-16-8-4-5-9-19(16)23-22(29)20(24-14-6-3-7-15-24)21(26)17-10-12-18(13-11-17)25(27)28/h3-15H,2H2,1H3,(H-,23,26,29)/p+1. The third-order valence-electron chi connectivity index (χ3n) is 4.41. The van der Waals surface area contributed by atoms with E-state index in [1.54, 1.807) is 17.0 Å². The molecule has 29 heavy (non-hydrogen) atoms. The van der Waals surface area contributed by atoms with E-state index in [9.17, 15) is 15.2 Å². The predicted octanol–water partition coefficient (Wildman–Crippen LogP) is 4.77. The average molecular weight is 406 g/mol. The molecular formula is C22H20N3O3S+. The molecule has 1 heterocycles. The normalized spacial score (nSPS) is 11.5. The monoisotopic (exact) mass is 406 g/mol. The molecule has 0 atom stereocenters. The Balaban J connectivity index is 2.06. The molecule has 0 saturated heterocycles. The fraction of sp³-hybridized carbons (Fsp3) is 0.0909. The zero-order valence-corrected chi connectivity index (χ0v) is 16.6. The Morgan fingerprint density at radius 1 is 1.07 bits per heavy atom. The van der Waals surface area contributed by atoms with Gasteiger partial charge in [0.15, 0.2) is 23.1 Å².